The maximum Gasteiger partial charge on any atom is 0.279 e. The Bertz CT molecular complexity index is 762. The first-order chi connectivity index (χ1) is 13.0. The molecule has 0 bridgehead atoms. The van der Waals surface area contributed by atoms with Gasteiger partial charge in [-0.3, -0.25) is 9.59 Å². The van der Waals surface area contributed by atoms with E-state index in [1.165, 1.54) is 23.8 Å². The van der Waals surface area contributed by atoms with Gasteiger partial charge in [0.25, 0.3) is 11.8 Å². The molecule has 2 rings (SSSR count). The van der Waals surface area contributed by atoms with Crippen molar-refractivity contribution in [3.05, 3.63) is 59.9 Å². The highest BCUT2D eigenvalue weighted by atomic mass is 19.1. The van der Waals surface area contributed by atoms with Crippen molar-refractivity contribution in [1.29, 1.82) is 0 Å². The van der Waals surface area contributed by atoms with E-state index in [2.05, 4.69) is 17.6 Å². The van der Waals surface area contributed by atoms with Gasteiger partial charge in [0.1, 0.15) is 5.82 Å². The first-order valence-corrected chi connectivity index (χ1v) is 9.21. The number of hydrogen-bond donors (Lipinski definition) is 3. The van der Waals surface area contributed by atoms with E-state index in [-0.39, 0.29) is 24.9 Å². The highest BCUT2D eigenvalue weighted by molar-refractivity contribution is 5.93. The molecule has 1 atom stereocenters. The van der Waals surface area contributed by atoms with E-state index in [1.807, 2.05) is 24.3 Å². The topological polar surface area (TPSA) is 62.6 Å². The fourth-order valence-corrected chi connectivity index (χ4v) is 2.72. The molecule has 0 saturated carbocycles. The van der Waals surface area contributed by atoms with Crippen molar-refractivity contribution < 1.29 is 18.9 Å². The summed E-state index contributed by atoms with van der Waals surface area (Å²) in [4.78, 5) is 24.9. The molecule has 0 fully saturated rings. The maximum absolute atomic E-state index is 13.1. The standard InChI is InChI=1S/C21H26FN3O2/c1-3-4-6-16-9-11-18(12-10-16)23-20(26)14-25(2)15-21(27)24-19-8-5-7-17(22)13-19/h5,7-13H,3-4,6,14-15H2,1-2H3,(H,23,26)(H,24,27)/p+1. The third-order valence-corrected chi connectivity index (χ3v) is 4.09. The first-order valence-electron chi connectivity index (χ1n) is 9.21. The molecule has 2 aromatic carbocycles. The lowest BCUT2D eigenvalue weighted by Gasteiger charge is -2.14. The molecular weight excluding hydrogens is 345 g/mol. The number of anilines is 2. The van der Waals surface area contributed by atoms with E-state index in [9.17, 15) is 14.0 Å². The van der Waals surface area contributed by atoms with Gasteiger partial charge >= 0.3 is 0 Å². The number of halogens is 1. The summed E-state index contributed by atoms with van der Waals surface area (Å²) in [5.41, 5.74) is 2.41. The molecule has 2 amide bonds. The number of aryl methyl sites for hydroxylation is 1. The van der Waals surface area contributed by atoms with E-state index in [0.29, 0.717) is 5.69 Å². The number of carbonyl (C=O) groups excluding carboxylic acids is 2. The third-order valence-electron chi connectivity index (χ3n) is 4.09. The van der Waals surface area contributed by atoms with Crippen LogP contribution < -0.4 is 15.5 Å². The maximum atomic E-state index is 13.1. The quantitative estimate of drug-likeness (QED) is 0.632. The summed E-state index contributed by atoms with van der Waals surface area (Å²) >= 11 is 0. The number of amides is 2. The average Bonchev–Trinajstić information content (AvgIpc) is 2.60. The van der Waals surface area contributed by atoms with Crippen molar-refractivity contribution in [1.82, 2.24) is 0 Å². The molecule has 2 aromatic rings. The second-order valence-corrected chi connectivity index (χ2v) is 6.72. The van der Waals surface area contributed by atoms with E-state index < -0.39 is 5.82 Å². The number of hydrogen-bond acceptors (Lipinski definition) is 2. The van der Waals surface area contributed by atoms with Crippen LogP contribution >= 0.6 is 0 Å². The minimum absolute atomic E-state index is 0.111. The van der Waals surface area contributed by atoms with Crippen LogP contribution in [0.4, 0.5) is 15.8 Å². The summed E-state index contributed by atoms with van der Waals surface area (Å²) in [6.07, 6.45) is 3.34. The van der Waals surface area contributed by atoms with Crippen LogP contribution in [0, 0.1) is 5.82 Å². The molecule has 144 valence electrons. The van der Waals surface area contributed by atoms with Gasteiger partial charge in [0.2, 0.25) is 0 Å². The van der Waals surface area contributed by atoms with E-state index in [4.69, 9.17) is 0 Å². The number of carbonyl (C=O) groups is 2. The van der Waals surface area contributed by atoms with E-state index in [1.54, 1.807) is 13.1 Å². The van der Waals surface area contributed by atoms with Gasteiger partial charge in [0.05, 0.1) is 7.05 Å². The average molecular weight is 372 g/mol. The molecule has 0 spiro atoms. The number of benzene rings is 2. The van der Waals surface area contributed by atoms with Crippen molar-refractivity contribution in [2.75, 3.05) is 30.8 Å². The van der Waals surface area contributed by atoms with Crippen molar-refractivity contribution in [3.8, 4) is 0 Å². The summed E-state index contributed by atoms with van der Waals surface area (Å²) < 4.78 is 13.1. The Kier molecular flexibility index (Phi) is 7.95. The Morgan fingerprint density at radius 1 is 0.963 bits per heavy atom. The van der Waals surface area contributed by atoms with Crippen molar-refractivity contribution in [2.45, 2.75) is 26.2 Å². The van der Waals surface area contributed by atoms with Crippen LogP contribution in [0.25, 0.3) is 0 Å². The molecule has 1 unspecified atom stereocenters. The molecule has 3 N–H and O–H groups in total. The fourth-order valence-electron chi connectivity index (χ4n) is 2.72. The predicted octanol–water partition coefficient (Wildman–Crippen LogP) is 2.26. The molecule has 0 aliphatic heterocycles. The zero-order valence-electron chi connectivity index (χ0n) is 15.8. The van der Waals surface area contributed by atoms with Crippen LogP contribution in [0.2, 0.25) is 0 Å². The van der Waals surface area contributed by atoms with Crippen molar-refractivity contribution in [2.24, 2.45) is 0 Å². The summed E-state index contributed by atoms with van der Waals surface area (Å²) in [5.74, 6) is -0.841. The smallest absolute Gasteiger partial charge is 0.279 e. The highest BCUT2D eigenvalue weighted by Gasteiger charge is 2.14. The Morgan fingerprint density at radius 3 is 2.19 bits per heavy atom. The van der Waals surface area contributed by atoms with Gasteiger partial charge in [-0.25, -0.2) is 4.39 Å². The summed E-state index contributed by atoms with van der Waals surface area (Å²) in [7, 11) is 1.76. The van der Waals surface area contributed by atoms with Gasteiger partial charge in [-0.1, -0.05) is 31.5 Å². The molecule has 5 nitrogen and oxygen atoms in total. The van der Waals surface area contributed by atoms with Crippen LogP contribution in [-0.2, 0) is 16.0 Å². The Morgan fingerprint density at radius 2 is 1.59 bits per heavy atom. The van der Waals surface area contributed by atoms with Gasteiger partial charge in [-0.15, -0.1) is 0 Å². The predicted molar refractivity (Wildman–Crippen MR) is 105 cm³/mol. The highest BCUT2D eigenvalue weighted by Crippen LogP contribution is 2.11. The Labute approximate surface area is 159 Å². The van der Waals surface area contributed by atoms with Crippen LogP contribution in [0.3, 0.4) is 0 Å². The van der Waals surface area contributed by atoms with Gasteiger partial charge in [-0.05, 0) is 48.7 Å². The lowest BCUT2D eigenvalue weighted by Crippen LogP contribution is -3.11. The molecular formula is C21H27FN3O2+. The Hall–Kier alpha value is -2.73. The monoisotopic (exact) mass is 372 g/mol. The fraction of sp³-hybridized carbons (Fsp3) is 0.333. The van der Waals surface area contributed by atoms with Crippen molar-refractivity contribution in [3.63, 3.8) is 0 Å². The number of nitrogens with one attached hydrogen (secondary N) is 3. The second kappa shape index (κ2) is 10.4. The molecule has 0 aliphatic rings. The SMILES string of the molecule is CCCCc1ccc(NC(=O)C[NH+](C)CC(=O)Nc2cccc(F)c2)cc1. The van der Waals surface area contributed by atoms with E-state index in [0.717, 1.165) is 29.8 Å². The number of rotatable bonds is 9. The Balaban J connectivity index is 1.76. The van der Waals surface area contributed by atoms with Gasteiger partial charge < -0.3 is 15.5 Å². The number of quaternary nitrogens is 1. The van der Waals surface area contributed by atoms with Gasteiger partial charge in [-0.2, -0.15) is 0 Å². The molecule has 0 aromatic heterocycles. The molecule has 0 heterocycles. The van der Waals surface area contributed by atoms with Crippen LogP contribution in [0.1, 0.15) is 25.3 Å². The van der Waals surface area contributed by atoms with Gasteiger partial charge in [0, 0.05) is 11.4 Å². The lowest BCUT2D eigenvalue weighted by molar-refractivity contribution is -0.862. The molecule has 0 aliphatic carbocycles. The summed E-state index contributed by atoms with van der Waals surface area (Å²) in [5, 5.41) is 5.47. The largest absolute Gasteiger partial charge is 0.322 e. The zero-order chi connectivity index (χ0) is 19.6. The lowest BCUT2D eigenvalue weighted by atomic mass is 10.1. The van der Waals surface area contributed by atoms with E-state index >= 15 is 0 Å². The van der Waals surface area contributed by atoms with Crippen LogP contribution in [0.5, 0.6) is 0 Å². The second-order valence-electron chi connectivity index (χ2n) is 6.72. The zero-order valence-corrected chi connectivity index (χ0v) is 15.8. The molecule has 0 radical (unpaired) electrons. The molecule has 0 saturated heterocycles. The normalized spacial score (nSPS) is 11.7. The third kappa shape index (κ3) is 7.58. The minimum Gasteiger partial charge on any atom is -0.322 e. The summed E-state index contributed by atoms with van der Waals surface area (Å²) in [6.45, 7) is 2.43. The first kappa shape index (κ1) is 20.6. The number of unbranched alkanes of at least 4 members (excludes halogenated alkanes) is 1. The molecule has 27 heavy (non-hydrogen) atoms. The summed E-state index contributed by atoms with van der Waals surface area (Å²) in [6, 6.07) is 13.6. The van der Waals surface area contributed by atoms with Crippen LogP contribution in [-0.4, -0.2) is 32.0 Å². The van der Waals surface area contributed by atoms with Crippen LogP contribution in [0.15, 0.2) is 48.5 Å². The minimum atomic E-state index is -0.409. The van der Waals surface area contributed by atoms with Crippen molar-refractivity contribution >= 4 is 23.2 Å². The van der Waals surface area contributed by atoms with Gasteiger partial charge in [0.15, 0.2) is 13.1 Å². The number of likely N-dealkylation sites (N-methyl/N-ethyl adjacent to an activating group) is 1. The molecule has 6 heteroatoms.